The lowest BCUT2D eigenvalue weighted by Gasteiger charge is -2.16. The lowest BCUT2D eigenvalue weighted by molar-refractivity contribution is -0.122. The number of methoxy groups -OCH3 is 1. The van der Waals surface area contributed by atoms with Gasteiger partial charge in [-0.15, -0.1) is 0 Å². The van der Waals surface area contributed by atoms with Crippen molar-refractivity contribution in [3.05, 3.63) is 59.4 Å². The lowest BCUT2D eigenvalue weighted by atomic mass is 10.1. The molecule has 6 heteroatoms. The molecule has 1 atom stereocenters. The normalized spacial score (nSPS) is 11.5. The molecule has 0 fully saturated rings. The number of hydrogen-bond donors (Lipinski definition) is 1. The van der Waals surface area contributed by atoms with Gasteiger partial charge in [0.1, 0.15) is 11.6 Å². The van der Waals surface area contributed by atoms with Crippen LogP contribution in [0, 0.1) is 12.7 Å². The third kappa shape index (κ3) is 4.10. The molecular weight excluding hydrogens is 313 g/mol. The van der Waals surface area contributed by atoms with Gasteiger partial charge < -0.3 is 14.8 Å². The summed E-state index contributed by atoms with van der Waals surface area (Å²) >= 11 is 0. The number of benzene rings is 2. The van der Waals surface area contributed by atoms with Crippen LogP contribution in [0.1, 0.15) is 22.8 Å². The van der Waals surface area contributed by atoms with Crippen molar-refractivity contribution in [3.63, 3.8) is 0 Å². The first kappa shape index (κ1) is 17.5. The molecule has 2 aromatic carbocycles. The number of carbonyl (C=O) groups excluding carboxylic acids is 2. The topological polar surface area (TPSA) is 64.6 Å². The van der Waals surface area contributed by atoms with E-state index in [2.05, 4.69) is 5.32 Å². The molecule has 0 heterocycles. The molecule has 1 N–H and O–H groups in total. The molecule has 1 amide bonds. The first-order chi connectivity index (χ1) is 11.4. The summed E-state index contributed by atoms with van der Waals surface area (Å²) in [4.78, 5) is 23.9. The minimum absolute atomic E-state index is 0.377. The van der Waals surface area contributed by atoms with Crippen LogP contribution in [-0.4, -0.2) is 25.1 Å². The van der Waals surface area contributed by atoms with E-state index in [1.165, 1.54) is 31.4 Å². The summed E-state index contributed by atoms with van der Waals surface area (Å²) in [6.07, 6.45) is -0.795. The number of halogens is 1. The number of amides is 1. The Hall–Kier alpha value is -2.89. The van der Waals surface area contributed by atoms with Crippen molar-refractivity contribution in [3.8, 4) is 5.75 Å². The summed E-state index contributed by atoms with van der Waals surface area (Å²) in [7, 11) is 1.30. The van der Waals surface area contributed by atoms with Crippen molar-refractivity contribution in [2.24, 2.45) is 0 Å². The zero-order chi connectivity index (χ0) is 17.7. The fraction of sp³-hybridized carbons (Fsp3) is 0.222. The van der Waals surface area contributed by atoms with Crippen LogP contribution in [0.4, 0.5) is 10.1 Å². The fourth-order valence-electron chi connectivity index (χ4n) is 2.11. The van der Waals surface area contributed by atoms with Crippen molar-refractivity contribution in [2.75, 3.05) is 12.4 Å². The van der Waals surface area contributed by atoms with E-state index >= 15 is 0 Å². The average Bonchev–Trinajstić information content (AvgIpc) is 2.58. The van der Waals surface area contributed by atoms with Gasteiger partial charge in [-0.25, -0.2) is 9.18 Å². The Morgan fingerprint density at radius 2 is 1.79 bits per heavy atom. The number of nitrogens with one attached hydrogen (secondary N) is 1. The van der Waals surface area contributed by atoms with Crippen molar-refractivity contribution in [1.82, 2.24) is 0 Å². The van der Waals surface area contributed by atoms with E-state index in [4.69, 9.17) is 9.47 Å². The van der Waals surface area contributed by atoms with Crippen LogP contribution < -0.4 is 10.1 Å². The molecule has 0 spiro atoms. The molecular formula is C18H18FNO4. The molecule has 0 unspecified atom stereocenters. The van der Waals surface area contributed by atoms with Gasteiger partial charge in [0, 0.05) is 5.69 Å². The molecule has 0 bridgehead atoms. The third-order valence-corrected chi connectivity index (χ3v) is 3.49. The summed E-state index contributed by atoms with van der Waals surface area (Å²) in [6.45, 7) is 3.30. The monoisotopic (exact) mass is 331 g/mol. The Labute approximate surface area is 139 Å². The summed E-state index contributed by atoms with van der Waals surface area (Å²) in [5.74, 6) is -0.850. The smallest absolute Gasteiger partial charge is 0.338 e. The number of hydrogen-bond acceptors (Lipinski definition) is 4. The van der Waals surface area contributed by atoms with Gasteiger partial charge >= 0.3 is 5.97 Å². The highest BCUT2D eigenvalue weighted by Gasteiger charge is 2.18. The number of rotatable bonds is 5. The van der Waals surface area contributed by atoms with Gasteiger partial charge in [-0.05, 0) is 55.8 Å². The average molecular weight is 331 g/mol. The van der Waals surface area contributed by atoms with E-state index in [1.54, 1.807) is 32.0 Å². The van der Waals surface area contributed by atoms with E-state index in [-0.39, 0.29) is 11.7 Å². The fourth-order valence-corrected chi connectivity index (χ4v) is 2.11. The molecule has 2 rings (SSSR count). The number of esters is 1. The zero-order valence-corrected chi connectivity index (χ0v) is 13.6. The highest BCUT2D eigenvalue weighted by molar-refractivity contribution is 5.98. The molecule has 0 aliphatic rings. The first-order valence-electron chi connectivity index (χ1n) is 7.33. The largest absolute Gasteiger partial charge is 0.481 e. The summed E-state index contributed by atoms with van der Waals surface area (Å²) in [5.41, 5.74) is 1.48. The molecule has 24 heavy (non-hydrogen) atoms. The van der Waals surface area contributed by atoms with Crippen LogP contribution in [0.25, 0.3) is 0 Å². The van der Waals surface area contributed by atoms with Crippen molar-refractivity contribution in [1.29, 1.82) is 0 Å². The zero-order valence-electron chi connectivity index (χ0n) is 13.6. The maximum atomic E-state index is 12.9. The second-order valence-electron chi connectivity index (χ2n) is 5.17. The van der Waals surface area contributed by atoms with Crippen LogP contribution in [0.5, 0.6) is 5.75 Å². The standard InChI is InChI=1S/C18H18FNO4/c1-11-15(18(22)23-3)5-4-6-16(11)20-17(21)12(2)24-14-9-7-13(19)8-10-14/h4-10,12H,1-3H3,(H,20,21)/t12-/m1/s1. The van der Waals surface area contributed by atoms with Crippen molar-refractivity contribution < 1.29 is 23.5 Å². The molecule has 0 aliphatic carbocycles. The highest BCUT2D eigenvalue weighted by Crippen LogP contribution is 2.20. The van der Waals surface area contributed by atoms with Gasteiger partial charge in [0.2, 0.25) is 0 Å². The lowest BCUT2D eigenvalue weighted by Crippen LogP contribution is -2.30. The Bertz CT molecular complexity index is 743. The highest BCUT2D eigenvalue weighted by atomic mass is 19.1. The van der Waals surface area contributed by atoms with Gasteiger partial charge in [-0.1, -0.05) is 6.07 Å². The van der Waals surface area contributed by atoms with Crippen molar-refractivity contribution in [2.45, 2.75) is 20.0 Å². The molecule has 0 aliphatic heterocycles. The van der Waals surface area contributed by atoms with Crippen LogP contribution in [-0.2, 0) is 9.53 Å². The summed E-state index contributed by atoms with van der Waals surface area (Å²) in [5, 5.41) is 2.72. The van der Waals surface area contributed by atoms with Crippen LogP contribution in [0.2, 0.25) is 0 Å². The van der Waals surface area contributed by atoms with Crippen LogP contribution in [0.15, 0.2) is 42.5 Å². The second kappa shape index (κ2) is 7.59. The Kier molecular flexibility index (Phi) is 5.52. The molecule has 0 saturated carbocycles. The first-order valence-corrected chi connectivity index (χ1v) is 7.33. The molecule has 5 nitrogen and oxygen atoms in total. The number of carbonyl (C=O) groups is 2. The predicted molar refractivity (Wildman–Crippen MR) is 87.6 cm³/mol. The molecule has 0 radical (unpaired) electrons. The third-order valence-electron chi connectivity index (χ3n) is 3.49. The second-order valence-corrected chi connectivity index (χ2v) is 5.17. The van der Waals surface area contributed by atoms with Gasteiger partial charge in [0.15, 0.2) is 6.10 Å². The van der Waals surface area contributed by atoms with Crippen LogP contribution in [0.3, 0.4) is 0 Å². The van der Waals surface area contributed by atoms with Crippen LogP contribution >= 0.6 is 0 Å². The summed E-state index contributed by atoms with van der Waals surface area (Å²) < 4.78 is 23.1. The van der Waals surface area contributed by atoms with Crippen molar-refractivity contribution >= 4 is 17.6 Å². The molecule has 126 valence electrons. The van der Waals surface area contributed by atoms with Gasteiger partial charge in [-0.3, -0.25) is 4.79 Å². The quantitative estimate of drug-likeness (QED) is 0.854. The van der Waals surface area contributed by atoms with Gasteiger partial charge in [-0.2, -0.15) is 0 Å². The Morgan fingerprint density at radius 3 is 2.42 bits per heavy atom. The Balaban J connectivity index is 2.08. The van der Waals surface area contributed by atoms with E-state index in [9.17, 15) is 14.0 Å². The van der Waals surface area contributed by atoms with E-state index in [1.807, 2.05) is 0 Å². The molecule has 0 saturated heterocycles. The maximum Gasteiger partial charge on any atom is 0.338 e. The van der Waals surface area contributed by atoms with Gasteiger partial charge in [0.05, 0.1) is 12.7 Å². The number of anilines is 1. The number of ether oxygens (including phenoxy) is 2. The van der Waals surface area contributed by atoms with E-state index < -0.39 is 12.1 Å². The Morgan fingerprint density at radius 1 is 1.12 bits per heavy atom. The molecule has 0 aromatic heterocycles. The summed E-state index contributed by atoms with van der Waals surface area (Å²) in [6, 6.07) is 10.4. The van der Waals surface area contributed by atoms with E-state index in [0.717, 1.165) is 0 Å². The minimum Gasteiger partial charge on any atom is -0.481 e. The molecule has 2 aromatic rings. The minimum atomic E-state index is -0.795. The maximum absolute atomic E-state index is 12.9. The predicted octanol–water partition coefficient (Wildman–Crippen LogP) is 3.33. The van der Waals surface area contributed by atoms with Gasteiger partial charge in [0.25, 0.3) is 5.91 Å². The SMILES string of the molecule is COC(=O)c1cccc(NC(=O)[C@@H](C)Oc2ccc(F)cc2)c1C. The van der Waals surface area contributed by atoms with E-state index in [0.29, 0.717) is 22.6 Å².